The lowest BCUT2D eigenvalue weighted by Crippen LogP contribution is -2.34. The number of hydrogen-bond donors (Lipinski definition) is 5. The lowest BCUT2D eigenvalue weighted by molar-refractivity contribution is -0.142. The van der Waals surface area contributed by atoms with Crippen LogP contribution < -0.4 is 5.63 Å². The fourth-order valence-corrected chi connectivity index (χ4v) is 3.10. The number of aliphatic hydroxyl groups is 2. The van der Waals surface area contributed by atoms with Crippen LogP contribution >= 0.6 is 15.9 Å². The molecule has 0 fully saturated rings. The molecule has 10 nitrogen and oxygen atoms in total. The van der Waals surface area contributed by atoms with Crippen molar-refractivity contribution >= 4 is 38.8 Å². The van der Waals surface area contributed by atoms with Crippen LogP contribution in [0.4, 0.5) is 0 Å². The number of phenols is 1. The minimum absolute atomic E-state index is 0.0361. The number of phenolic OH excluding ortho intramolecular Hbond substituents is 1. The summed E-state index contributed by atoms with van der Waals surface area (Å²) < 4.78 is 5.27. The molecule has 2 rings (SSSR count). The molecule has 1 aromatic heterocycles. The first-order chi connectivity index (χ1) is 12.6. The molecule has 0 aliphatic heterocycles. The lowest BCUT2D eigenvalue weighted by atomic mass is 10.0. The third-order valence-electron chi connectivity index (χ3n) is 3.72. The van der Waals surface area contributed by atoms with Gasteiger partial charge in [0.25, 0.3) is 0 Å². The Morgan fingerprint density at radius 1 is 1.19 bits per heavy atom. The average molecular weight is 446 g/mol. The first-order valence-electron chi connectivity index (χ1n) is 7.57. The number of benzene rings is 1. The molecule has 1 atom stereocenters. The second-order valence-corrected chi connectivity index (χ2v) is 6.57. The summed E-state index contributed by atoms with van der Waals surface area (Å²) in [7, 11) is 0. The Balaban J connectivity index is 2.68. The van der Waals surface area contributed by atoms with Crippen LogP contribution in [0, 0.1) is 0 Å². The van der Waals surface area contributed by atoms with E-state index >= 15 is 0 Å². The number of carboxylic acids is 2. The first-order valence-corrected chi connectivity index (χ1v) is 8.36. The minimum atomic E-state index is -1.39. The second-order valence-electron chi connectivity index (χ2n) is 5.71. The van der Waals surface area contributed by atoms with Gasteiger partial charge in [-0.1, -0.05) is 0 Å². The number of aromatic hydroxyl groups is 1. The molecule has 0 aliphatic rings. The zero-order valence-corrected chi connectivity index (χ0v) is 15.3. The van der Waals surface area contributed by atoms with Gasteiger partial charge in [0.1, 0.15) is 17.4 Å². The van der Waals surface area contributed by atoms with Gasteiger partial charge in [0.15, 0.2) is 0 Å². The summed E-state index contributed by atoms with van der Waals surface area (Å²) in [4.78, 5) is 34.9. The van der Waals surface area contributed by atoms with Gasteiger partial charge in [0.2, 0.25) is 0 Å². The highest BCUT2D eigenvalue weighted by molar-refractivity contribution is 9.10. The van der Waals surface area contributed by atoms with Crippen molar-refractivity contribution in [2.45, 2.75) is 12.6 Å². The van der Waals surface area contributed by atoms with Crippen molar-refractivity contribution in [2.24, 2.45) is 0 Å². The number of carboxylic acid groups (broad SMARTS) is 2. The number of rotatable bonds is 8. The predicted molar refractivity (Wildman–Crippen MR) is 94.4 cm³/mol. The number of halogens is 1. The SMILES string of the molecule is O=C(O)CN(CC(=O)O)Cc1c(O)c(Br)cc2c(C(O)CO)cc(=O)oc12. The lowest BCUT2D eigenvalue weighted by Gasteiger charge is -2.20. The normalized spacial score (nSPS) is 12.4. The fraction of sp³-hybridized carbons (Fsp3) is 0.312. The number of hydrogen-bond acceptors (Lipinski definition) is 8. The summed E-state index contributed by atoms with van der Waals surface area (Å²) in [6, 6.07) is 2.35. The van der Waals surface area contributed by atoms with E-state index in [2.05, 4.69) is 15.9 Å². The van der Waals surface area contributed by atoms with Gasteiger partial charge in [-0.05, 0) is 22.0 Å². The van der Waals surface area contributed by atoms with Crippen LogP contribution in [0.5, 0.6) is 5.75 Å². The van der Waals surface area contributed by atoms with Crippen LogP contribution in [0.2, 0.25) is 0 Å². The maximum atomic E-state index is 11.9. The maximum absolute atomic E-state index is 11.9. The van der Waals surface area contributed by atoms with E-state index in [1.165, 1.54) is 6.07 Å². The molecule has 11 heteroatoms. The number of aliphatic hydroxyl groups excluding tert-OH is 2. The van der Waals surface area contributed by atoms with E-state index in [4.69, 9.17) is 14.6 Å². The molecular formula is C16H16BrNO9. The molecule has 0 saturated heterocycles. The van der Waals surface area contributed by atoms with E-state index in [0.29, 0.717) is 0 Å². The van der Waals surface area contributed by atoms with Crippen LogP contribution in [0.25, 0.3) is 11.0 Å². The molecule has 146 valence electrons. The van der Waals surface area contributed by atoms with Gasteiger partial charge in [0, 0.05) is 23.6 Å². The van der Waals surface area contributed by atoms with E-state index in [0.717, 1.165) is 11.0 Å². The van der Waals surface area contributed by atoms with Crippen molar-refractivity contribution in [3.8, 4) is 5.75 Å². The maximum Gasteiger partial charge on any atom is 0.336 e. The average Bonchev–Trinajstić information content (AvgIpc) is 2.57. The van der Waals surface area contributed by atoms with Crippen molar-refractivity contribution in [1.29, 1.82) is 0 Å². The molecule has 0 aliphatic carbocycles. The number of aliphatic carboxylic acids is 2. The van der Waals surface area contributed by atoms with Gasteiger partial charge in [0.05, 0.1) is 29.7 Å². The summed E-state index contributed by atoms with van der Waals surface area (Å²) in [5.41, 5.74) is -0.998. The van der Waals surface area contributed by atoms with Crippen LogP contribution in [0.15, 0.2) is 25.8 Å². The molecule has 0 saturated carbocycles. The Morgan fingerprint density at radius 2 is 1.78 bits per heavy atom. The highest BCUT2D eigenvalue weighted by atomic mass is 79.9. The number of carbonyl (C=O) groups is 2. The summed E-state index contributed by atoms with van der Waals surface area (Å²) in [5.74, 6) is -2.94. The van der Waals surface area contributed by atoms with E-state index in [1.807, 2.05) is 0 Å². The van der Waals surface area contributed by atoms with Crippen molar-refractivity contribution < 1.29 is 39.5 Å². The van der Waals surface area contributed by atoms with Crippen molar-refractivity contribution in [3.05, 3.63) is 38.2 Å². The molecule has 0 radical (unpaired) electrons. The Hall–Kier alpha value is -2.47. The van der Waals surface area contributed by atoms with Crippen LogP contribution in [-0.2, 0) is 16.1 Å². The Kier molecular flexibility index (Phi) is 6.54. The molecule has 0 bridgehead atoms. The van der Waals surface area contributed by atoms with Crippen LogP contribution in [0.1, 0.15) is 17.2 Å². The topological polar surface area (TPSA) is 169 Å². The van der Waals surface area contributed by atoms with Crippen molar-refractivity contribution in [3.63, 3.8) is 0 Å². The van der Waals surface area contributed by atoms with Gasteiger partial charge in [-0.25, -0.2) is 4.79 Å². The zero-order valence-electron chi connectivity index (χ0n) is 13.8. The monoisotopic (exact) mass is 445 g/mol. The first kappa shape index (κ1) is 20.8. The molecule has 1 heterocycles. The standard InChI is InChI=1S/C16H16BrNO9/c17-10-1-8-7(11(20)6-19)2-14(25)27-16(8)9(15(10)26)3-18(4-12(21)22)5-13(23)24/h1-2,11,19-20,26H,3-6H2,(H,21,22)(H,23,24). The molecule has 0 amide bonds. The third-order valence-corrected chi connectivity index (χ3v) is 4.32. The molecule has 27 heavy (non-hydrogen) atoms. The van der Waals surface area contributed by atoms with Crippen molar-refractivity contribution in [2.75, 3.05) is 19.7 Å². The smallest absolute Gasteiger partial charge is 0.336 e. The van der Waals surface area contributed by atoms with E-state index in [-0.39, 0.29) is 38.9 Å². The molecule has 0 spiro atoms. The molecule has 1 aromatic carbocycles. The second kappa shape index (κ2) is 8.48. The quantitative estimate of drug-likeness (QED) is 0.355. The van der Waals surface area contributed by atoms with Crippen LogP contribution in [-0.4, -0.2) is 62.1 Å². The van der Waals surface area contributed by atoms with Crippen molar-refractivity contribution in [1.82, 2.24) is 4.90 Å². The summed E-state index contributed by atoms with van der Waals surface area (Å²) in [6.45, 7) is -2.30. The summed E-state index contributed by atoms with van der Waals surface area (Å²) >= 11 is 3.12. The Morgan fingerprint density at radius 3 is 2.30 bits per heavy atom. The highest BCUT2D eigenvalue weighted by Crippen LogP contribution is 2.37. The Labute approximate surface area is 160 Å². The van der Waals surface area contributed by atoms with E-state index in [1.54, 1.807) is 0 Å². The van der Waals surface area contributed by atoms with Gasteiger partial charge in [-0.15, -0.1) is 0 Å². The molecular weight excluding hydrogens is 430 g/mol. The summed E-state index contributed by atoms with van der Waals surface area (Å²) in [6.07, 6.45) is -1.39. The minimum Gasteiger partial charge on any atom is -0.506 e. The predicted octanol–water partition coefficient (Wildman–Crippen LogP) is 0.258. The van der Waals surface area contributed by atoms with Gasteiger partial charge < -0.3 is 29.9 Å². The zero-order chi connectivity index (χ0) is 20.3. The van der Waals surface area contributed by atoms with Gasteiger partial charge in [-0.2, -0.15) is 0 Å². The van der Waals surface area contributed by atoms with Gasteiger partial charge in [-0.3, -0.25) is 14.5 Å². The largest absolute Gasteiger partial charge is 0.506 e. The van der Waals surface area contributed by atoms with Gasteiger partial charge >= 0.3 is 17.6 Å². The summed E-state index contributed by atoms with van der Waals surface area (Å²) in [5, 5.41) is 47.6. The molecule has 2 aromatic rings. The van der Waals surface area contributed by atoms with E-state index < -0.39 is 43.4 Å². The molecule has 5 N–H and O–H groups in total. The third kappa shape index (κ3) is 4.83. The fourth-order valence-electron chi connectivity index (χ4n) is 2.64. The van der Waals surface area contributed by atoms with Crippen LogP contribution in [0.3, 0.4) is 0 Å². The number of fused-ring (bicyclic) bond motifs is 1. The van der Waals surface area contributed by atoms with E-state index in [9.17, 15) is 29.7 Å². The number of nitrogens with zero attached hydrogens (tertiary/aromatic N) is 1. The Bertz CT molecular complexity index is 924. The highest BCUT2D eigenvalue weighted by Gasteiger charge is 2.23. The molecule has 1 unspecified atom stereocenters.